The number of hydrogen-bond donors (Lipinski definition) is 2. The Balaban J connectivity index is 0.000000247. The number of ether oxygens (including phenoxy) is 1. The van der Waals surface area contributed by atoms with E-state index in [0.29, 0.717) is 12.0 Å². The largest absolute Gasteiger partial charge is 0.372 e. The van der Waals surface area contributed by atoms with Gasteiger partial charge in [0, 0.05) is 5.41 Å². The summed E-state index contributed by atoms with van der Waals surface area (Å²) in [6, 6.07) is 10.3. The van der Waals surface area contributed by atoms with E-state index in [1.807, 2.05) is 30.4 Å². The van der Waals surface area contributed by atoms with Crippen molar-refractivity contribution in [3.63, 3.8) is 0 Å². The van der Waals surface area contributed by atoms with Crippen molar-refractivity contribution in [1.29, 1.82) is 0 Å². The third-order valence-electron chi connectivity index (χ3n) is 3.41. The van der Waals surface area contributed by atoms with Crippen LogP contribution in [-0.2, 0) is 10.2 Å². The van der Waals surface area contributed by atoms with Gasteiger partial charge in [-0.05, 0) is 24.6 Å². The summed E-state index contributed by atoms with van der Waals surface area (Å²) < 4.78 is 4.73. The van der Waals surface area contributed by atoms with E-state index in [2.05, 4.69) is 31.2 Å². The number of hydrogen-bond acceptors (Lipinski definition) is 3. The Morgan fingerprint density at radius 3 is 2.10 bits per heavy atom. The van der Waals surface area contributed by atoms with Crippen LogP contribution in [0.4, 0.5) is 0 Å². The molecule has 1 fully saturated rings. The van der Waals surface area contributed by atoms with Crippen molar-refractivity contribution in [1.82, 2.24) is 0 Å². The number of halogens is 1. The van der Waals surface area contributed by atoms with Gasteiger partial charge in [0.05, 0.1) is 18.6 Å². The molecule has 1 aliphatic heterocycles. The summed E-state index contributed by atoms with van der Waals surface area (Å²) in [5, 5.41) is 0. The predicted molar refractivity (Wildman–Crippen MR) is 83.6 cm³/mol. The van der Waals surface area contributed by atoms with Crippen LogP contribution in [0.5, 0.6) is 0 Å². The summed E-state index contributed by atoms with van der Waals surface area (Å²) in [5.74, 6) is 0.667. The molecule has 1 unspecified atom stereocenters. The lowest BCUT2D eigenvalue weighted by molar-refractivity contribution is 0.425. The first-order chi connectivity index (χ1) is 9.45. The zero-order valence-electron chi connectivity index (χ0n) is 11.6. The minimum Gasteiger partial charge on any atom is -0.372 e. The number of benzene rings is 1. The van der Waals surface area contributed by atoms with Gasteiger partial charge in [0.25, 0.3) is 0 Å². The molecule has 0 bridgehead atoms. The number of epoxide rings is 1. The molecule has 0 aromatic heterocycles. The summed E-state index contributed by atoms with van der Waals surface area (Å²) in [7, 11) is 0. The van der Waals surface area contributed by atoms with E-state index in [-0.39, 0.29) is 5.41 Å². The average molecular weight is 293 g/mol. The van der Waals surface area contributed by atoms with Crippen LogP contribution in [0.2, 0.25) is 0 Å². The topological polar surface area (TPSA) is 64.6 Å². The van der Waals surface area contributed by atoms with E-state index in [1.165, 1.54) is 5.56 Å². The molecule has 0 amide bonds. The van der Waals surface area contributed by atoms with Gasteiger partial charge in [-0.3, -0.25) is 0 Å². The highest BCUT2D eigenvalue weighted by Crippen LogP contribution is 2.30. The Morgan fingerprint density at radius 2 is 1.70 bits per heavy atom. The lowest BCUT2D eigenvalue weighted by Gasteiger charge is -2.30. The second-order valence-corrected chi connectivity index (χ2v) is 5.73. The summed E-state index contributed by atoms with van der Waals surface area (Å²) in [6.45, 7) is 3.02. The molecule has 1 aromatic rings. The van der Waals surface area contributed by atoms with Crippen LogP contribution < -0.4 is 11.5 Å². The molecule has 0 radical (unpaired) electrons. The fraction of sp³-hybridized carbons (Fsp3) is 0.375. The lowest BCUT2D eigenvalue weighted by Crippen LogP contribution is -2.47. The van der Waals surface area contributed by atoms with E-state index in [1.54, 1.807) is 0 Å². The highest BCUT2D eigenvalue weighted by Gasteiger charge is 2.26. The normalized spacial score (nSPS) is 24.7. The molecule has 3 rings (SSSR count). The van der Waals surface area contributed by atoms with E-state index in [9.17, 15) is 0 Å². The smallest absolute Gasteiger partial charge is 0.102 e. The van der Waals surface area contributed by atoms with Crippen molar-refractivity contribution >= 4 is 11.6 Å². The van der Waals surface area contributed by atoms with Crippen molar-refractivity contribution in [3.05, 3.63) is 60.2 Å². The Hall–Kier alpha value is -1.13. The van der Waals surface area contributed by atoms with Crippen LogP contribution in [0.3, 0.4) is 0 Å². The van der Waals surface area contributed by atoms with Gasteiger partial charge in [-0.15, -0.1) is 11.6 Å². The van der Waals surface area contributed by atoms with Crippen LogP contribution in [0, 0.1) is 0 Å². The van der Waals surface area contributed by atoms with Gasteiger partial charge in [0.2, 0.25) is 0 Å². The molecule has 1 heterocycles. The third-order valence-corrected chi connectivity index (χ3v) is 3.75. The average Bonchev–Trinajstić information content (AvgIpc) is 3.28. The Kier molecular flexibility index (Phi) is 4.66. The summed E-state index contributed by atoms with van der Waals surface area (Å²) >= 11 is 5.27. The maximum atomic E-state index is 5.78. The van der Waals surface area contributed by atoms with Gasteiger partial charge in [-0.25, -0.2) is 0 Å². The Labute approximate surface area is 125 Å². The number of rotatable bonds is 2. The van der Waals surface area contributed by atoms with E-state index >= 15 is 0 Å². The van der Waals surface area contributed by atoms with Gasteiger partial charge in [0.1, 0.15) is 5.66 Å². The van der Waals surface area contributed by atoms with Crippen molar-refractivity contribution in [2.24, 2.45) is 11.5 Å². The van der Waals surface area contributed by atoms with Crippen molar-refractivity contribution in [2.45, 2.75) is 24.1 Å². The number of nitrogens with two attached hydrogens (primary N) is 2. The summed E-state index contributed by atoms with van der Waals surface area (Å²) in [6.07, 6.45) is 8.21. The molecule has 1 aliphatic carbocycles. The molecule has 1 saturated heterocycles. The molecule has 0 saturated carbocycles. The van der Waals surface area contributed by atoms with Crippen molar-refractivity contribution in [2.75, 3.05) is 12.5 Å². The Morgan fingerprint density at radius 1 is 1.15 bits per heavy atom. The molecule has 0 spiro atoms. The second kappa shape index (κ2) is 6.10. The van der Waals surface area contributed by atoms with Crippen LogP contribution in [0.1, 0.15) is 12.5 Å². The minimum atomic E-state index is -0.797. The third kappa shape index (κ3) is 4.18. The van der Waals surface area contributed by atoms with Gasteiger partial charge in [0.15, 0.2) is 0 Å². The van der Waals surface area contributed by atoms with Crippen LogP contribution in [-0.4, -0.2) is 24.3 Å². The highest BCUT2D eigenvalue weighted by atomic mass is 35.5. The summed E-state index contributed by atoms with van der Waals surface area (Å²) in [4.78, 5) is 0. The molecular weight excluding hydrogens is 272 g/mol. The van der Waals surface area contributed by atoms with Crippen LogP contribution in [0.25, 0.3) is 0 Å². The second-order valence-electron chi connectivity index (χ2n) is 5.43. The van der Waals surface area contributed by atoms with Gasteiger partial charge < -0.3 is 16.2 Å². The zero-order valence-corrected chi connectivity index (χ0v) is 12.4. The minimum absolute atomic E-state index is 0.0938. The van der Waals surface area contributed by atoms with E-state index in [4.69, 9.17) is 27.8 Å². The monoisotopic (exact) mass is 292 g/mol. The zero-order chi connectivity index (χ0) is 14.6. The lowest BCUT2D eigenvalue weighted by atomic mass is 9.78. The molecule has 2 aliphatic rings. The molecule has 4 heteroatoms. The number of alkyl halides is 1. The molecule has 108 valence electrons. The molecule has 3 nitrogen and oxygen atoms in total. The van der Waals surface area contributed by atoms with Crippen LogP contribution >= 0.6 is 11.6 Å². The van der Waals surface area contributed by atoms with Crippen molar-refractivity contribution in [3.8, 4) is 0 Å². The SMILES string of the molecule is CC1(c2ccccc2)C=CC(N)(N)C=C1.ClCC1CO1. The van der Waals surface area contributed by atoms with Gasteiger partial charge >= 0.3 is 0 Å². The molecule has 20 heavy (non-hydrogen) atoms. The fourth-order valence-corrected chi connectivity index (χ4v) is 2.07. The first-order valence-electron chi connectivity index (χ1n) is 6.67. The molecule has 1 aromatic carbocycles. The molecule has 4 N–H and O–H groups in total. The maximum absolute atomic E-state index is 5.78. The molecular formula is C16H21ClN2O. The standard InChI is InChI=1S/C13H16N2.C3H5ClO/c1-12(11-5-3-2-4-6-11)7-9-13(14,15)10-8-12;4-1-3-2-5-3/h2-10H,14-15H2,1H3;3H,1-2H2. The Bertz CT molecular complexity index is 476. The van der Waals surface area contributed by atoms with E-state index < -0.39 is 5.66 Å². The molecule has 1 atom stereocenters. The quantitative estimate of drug-likeness (QED) is 0.380. The van der Waals surface area contributed by atoms with Gasteiger partial charge in [-0.2, -0.15) is 0 Å². The highest BCUT2D eigenvalue weighted by molar-refractivity contribution is 6.18. The first kappa shape index (κ1) is 15.3. The summed E-state index contributed by atoms with van der Waals surface area (Å²) in [5.41, 5.74) is 11.9. The van der Waals surface area contributed by atoms with E-state index in [0.717, 1.165) is 6.61 Å². The van der Waals surface area contributed by atoms with Gasteiger partial charge in [-0.1, -0.05) is 42.5 Å². The number of allylic oxidation sites excluding steroid dienone is 2. The maximum Gasteiger partial charge on any atom is 0.102 e. The first-order valence-corrected chi connectivity index (χ1v) is 7.20. The predicted octanol–water partition coefficient (Wildman–Crippen LogP) is 2.31. The van der Waals surface area contributed by atoms with Crippen molar-refractivity contribution < 1.29 is 4.74 Å². The fourth-order valence-electron chi connectivity index (χ4n) is 1.89. The van der Waals surface area contributed by atoms with Crippen LogP contribution in [0.15, 0.2) is 54.6 Å².